The number of thioether (sulfide) groups is 1. The summed E-state index contributed by atoms with van der Waals surface area (Å²) in [4.78, 5) is 38.9. The first-order valence-electron chi connectivity index (χ1n) is 10.0. The third-order valence-corrected chi connectivity index (χ3v) is 9.17. The molecule has 3 saturated carbocycles. The van der Waals surface area contributed by atoms with Crippen molar-refractivity contribution in [1.29, 1.82) is 0 Å². The van der Waals surface area contributed by atoms with Crippen LogP contribution in [0.15, 0.2) is 23.8 Å². The molecular formula is C22H29NO3S. The maximum absolute atomic E-state index is 12.6. The van der Waals surface area contributed by atoms with Crippen molar-refractivity contribution in [3.8, 4) is 0 Å². The molecule has 0 N–H and O–H groups in total. The largest absolute Gasteiger partial charge is 0.340 e. The molecule has 0 radical (unpaired) electrons. The van der Waals surface area contributed by atoms with Gasteiger partial charge in [-0.1, -0.05) is 31.7 Å². The van der Waals surface area contributed by atoms with Crippen molar-refractivity contribution >= 4 is 28.6 Å². The van der Waals surface area contributed by atoms with Crippen molar-refractivity contribution in [3.63, 3.8) is 0 Å². The van der Waals surface area contributed by atoms with E-state index in [4.69, 9.17) is 0 Å². The fourth-order valence-corrected chi connectivity index (χ4v) is 7.55. The van der Waals surface area contributed by atoms with Gasteiger partial charge >= 0.3 is 0 Å². The zero-order valence-electron chi connectivity index (χ0n) is 16.7. The molecule has 4 rings (SSSR count). The number of Topliss-reactive ketones (excluding diaryl/α,β-unsaturated/α-hetero) is 1. The number of amides is 1. The molecule has 0 saturated heterocycles. The van der Waals surface area contributed by atoms with E-state index in [2.05, 4.69) is 19.9 Å². The van der Waals surface area contributed by atoms with E-state index < -0.39 is 0 Å². The lowest BCUT2D eigenvalue weighted by Crippen LogP contribution is -2.52. The third-order valence-electron chi connectivity index (χ3n) is 7.87. The van der Waals surface area contributed by atoms with E-state index in [-0.39, 0.29) is 27.1 Å². The lowest BCUT2D eigenvalue weighted by atomic mass is 9.48. The van der Waals surface area contributed by atoms with Crippen LogP contribution in [0.3, 0.4) is 0 Å². The number of carbonyl (C=O) groups is 3. The quantitative estimate of drug-likeness (QED) is 0.675. The lowest BCUT2D eigenvalue weighted by Gasteiger charge is -2.57. The zero-order valence-corrected chi connectivity index (χ0v) is 17.5. The van der Waals surface area contributed by atoms with Gasteiger partial charge in [-0.15, -0.1) is 0 Å². The highest BCUT2D eigenvalue weighted by molar-refractivity contribution is 8.14. The van der Waals surface area contributed by atoms with Gasteiger partial charge < -0.3 is 4.90 Å². The van der Waals surface area contributed by atoms with Crippen LogP contribution < -0.4 is 0 Å². The Hall–Kier alpha value is -1.36. The van der Waals surface area contributed by atoms with Crippen LogP contribution in [-0.4, -0.2) is 41.1 Å². The number of rotatable bonds is 1. The van der Waals surface area contributed by atoms with Gasteiger partial charge in [0.1, 0.15) is 5.78 Å². The standard InChI is InChI=1S/C22H29NO3S/c1-21-9-7-13(24)11-17(21)18(27-20(26)23(3)4)12-14-15-5-6-19(25)22(15,2)10-8-16(14)21/h7,9,11,14-16,18H,5-6,8,10,12H2,1-4H3/t14-,15-,16-,18-,21+,22-/m0/s1. The molecule has 0 spiro atoms. The maximum Gasteiger partial charge on any atom is 0.281 e. The SMILES string of the molecule is CN(C)C(=O)S[C@H]1C[C@@H]2[C@H](CC[C@]3(C)C(=O)CC[C@@H]23)[C@@]2(C)C=CC(=O)C=C12. The Labute approximate surface area is 165 Å². The van der Waals surface area contributed by atoms with Gasteiger partial charge in [0, 0.05) is 36.6 Å². The van der Waals surface area contributed by atoms with Crippen LogP contribution in [0.4, 0.5) is 4.79 Å². The molecule has 0 aromatic rings. The topological polar surface area (TPSA) is 54.5 Å². The van der Waals surface area contributed by atoms with E-state index in [9.17, 15) is 14.4 Å². The van der Waals surface area contributed by atoms with Gasteiger partial charge in [0.15, 0.2) is 5.78 Å². The van der Waals surface area contributed by atoms with E-state index in [1.54, 1.807) is 31.1 Å². The Balaban J connectivity index is 1.73. The Morgan fingerprint density at radius 3 is 2.63 bits per heavy atom. The van der Waals surface area contributed by atoms with E-state index in [1.807, 2.05) is 0 Å². The number of carbonyl (C=O) groups excluding carboxylic acids is 3. The highest BCUT2D eigenvalue weighted by atomic mass is 32.2. The molecule has 0 heterocycles. The summed E-state index contributed by atoms with van der Waals surface area (Å²) in [7, 11) is 3.54. The summed E-state index contributed by atoms with van der Waals surface area (Å²) in [5, 5.41) is 0.0443. The van der Waals surface area contributed by atoms with Gasteiger partial charge in [-0.3, -0.25) is 14.4 Å². The molecular weight excluding hydrogens is 358 g/mol. The molecule has 0 aromatic carbocycles. The molecule has 4 aliphatic carbocycles. The smallest absolute Gasteiger partial charge is 0.281 e. The Bertz CT molecular complexity index is 770. The Kier molecular flexibility index (Phi) is 4.45. The molecule has 0 aromatic heterocycles. The van der Waals surface area contributed by atoms with E-state index in [0.29, 0.717) is 30.0 Å². The predicted molar refractivity (Wildman–Crippen MR) is 107 cm³/mol. The Morgan fingerprint density at radius 1 is 1.19 bits per heavy atom. The summed E-state index contributed by atoms with van der Waals surface area (Å²) in [6.07, 6.45) is 10.1. The second kappa shape index (κ2) is 6.33. The minimum Gasteiger partial charge on any atom is -0.340 e. The Morgan fingerprint density at radius 2 is 1.93 bits per heavy atom. The van der Waals surface area contributed by atoms with Crippen LogP contribution in [0, 0.1) is 28.6 Å². The second-order valence-corrected chi connectivity index (χ2v) is 10.6. The molecule has 5 heteroatoms. The molecule has 146 valence electrons. The van der Waals surface area contributed by atoms with Crippen LogP contribution in [0.25, 0.3) is 0 Å². The van der Waals surface area contributed by atoms with Crippen molar-refractivity contribution in [1.82, 2.24) is 4.90 Å². The number of ketones is 2. The molecule has 1 amide bonds. The first-order chi connectivity index (χ1) is 12.7. The predicted octanol–water partition coefficient (Wildman–Crippen LogP) is 4.26. The first kappa shape index (κ1) is 19.0. The number of hydrogen-bond acceptors (Lipinski definition) is 4. The van der Waals surface area contributed by atoms with Gasteiger partial charge in [-0.2, -0.15) is 0 Å². The minimum atomic E-state index is -0.187. The second-order valence-electron chi connectivity index (χ2n) is 9.42. The monoisotopic (exact) mass is 387 g/mol. The molecule has 6 atom stereocenters. The van der Waals surface area contributed by atoms with Crippen molar-refractivity contribution in [2.45, 2.75) is 51.2 Å². The molecule has 4 nitrogen and oxygen atoms in total. The van der Waals surface area contributed by atoms with Crippen LogP contribution in [-0.2, 0) is 9.59 Å². The third kappa shape index (κ3) is 2.76. The highest BCUT2D eigenvalue weighted by Crippen LogP contribution is 2.64. The normalized spacial score (nSPS) is 42.9. The van der Waals surface area contributed by atoms with Gasteiger partial charge in [-0.25, -0.2) is 0 Å². The average molecular weight is 388 g/mol. The summed E-state index contributed by atoms with van der Waals surface area (Å²) in [5.74, 6) is 1.75. The lowest BCUT2D eigenvalue weighted by molar-refractivity contribution is -0.131. The summed E-state index contributed by atoms with van der Waals surface area (Å²) in [6, 6.07) is 0. The minimum absolute atomic E-state index is 0.0121. The van der Waals surface area contributed by atoms with Crippen LogP contribution >= 0.6 is 11.8 Å². The van der Waals surface area contributed by atoms with E-state index in [1.165, 1.54) is 11.8 Å². The van der Waals surface area contributed by atoms with Crippen LogP contribution in [0.1, 0.15) is 46.0 Å². The maximum atomic E-state index is 12.6. The van der Waals surface area contributed by atoms with Crippen molar-refractivity contribution in [3.05, 3.63) is 23.8 Å². The van der Waals surface area contributed by atoms with Crippen molar-refractivity contribution < 1.29 is 14.4 Å². The van der Waals surface area contributed by atoms with Crippen LogP contribution in [0.5, 0.6) is 0 Å². The van der Waals surface area contributed by atoms with E-state index in [0.717, 1.165) is 31.3 Å². The number of nitrogens with zero attached hydrogens (tertiary/aromatic N) is 1. The fourth-order valence-electron chi connectivity index (χ4n) is 6.33. The summed E-state index contributed by atoms with van der Waals surface area (Å²) in [5.41, 5.74) is 0.742. The van der Waals surface area contributed by atoms with Gasteiger partial charge in [0.05, 0.1) is 0 Å². The molecule has 27 heavy (non-hydrogen) atoms. The van der Waals surface area contributed by atoms with Gasteiger partial charge in [-0.05, 0) is 61.2 Å². The highest BCUT2D eigenvalue weighted by Gasteiger charge is 2.60. The number of hydrogen-bond donors (Lipinski definition) is 0. The first-order valence-corrected chi connectivity index (χ1v) is 10.9. The molecule has 3 fully saturated rings. The molecule has 0 bridgehead atoms. The summed E-state index contributed by atoms with van der Waals surface area (Å²) < 4.78 is 0. The fraction of sp³-hybridized carbons (Fsp3) is 0.682. The number of fused-ring (bicyclic) bond motifs is 5. The summed E-state index contributed by atoms with van der Waals surface area (Å²) in [6.45, 7) is 4.41. The molecule has 0 unspecified atom stereocenters. The van der Waals surface area contributed by atoms with Gasteiger partial charge in [0.2, 0.25) is 0 Å². The molecule has 0 aliphatic heterocycles. The van der Waals surface area contributed by atoms with Crippen LogP contribution in [0.2, 0.25) is 0 Å². The molecule has 4 aliphatic rings. The van der Waals surface area contributed by atoms with Gasteiger partial charge in [0.25, 0.3) is 5.24 Å². The zero-order chi connectivity index (χ0) is 19.6. The number of allylic oxidation sites excluding steroid dienone is 3. The van der Waals surface area contributed by atoms with Crippen molar-refractivity contribution in [2.75, 3.05) is 14.1 Å². The summed E-state index contributed by atoms with van der Waals surface area (Å²) >= 11 is 1.35. The average Bonchev–Trinajstić information content (AvgIpc) is 2.91. The van der Waals surface area contributed by atoms with Crippen molar-refractivity contribution in [2.24, 2.45) is 28.6 Å². The van der Waals surface area contributed by atoms with E-state index >= 15 is 0 Å².